The van der Waals surface area contributed by atoms with Crippen LogP contribution in [0.5, 0.6) is 0 Å². The van der Waals surface area contributed by atoms with Gasteiger partial charge in [-0.25, -0.2) is 13.4 Å². The minimum absolute atomic E-state index is 0.0641. The number of amides is 2. The molecule has 0 aliphatic heterocycles. The maximum absolute atomic E-state index is 13.0. The van der Waals surface area contributed by atoms with E-state index >= 15 is 0 Å². The van der Waals surface area contributed by atoms with Crippen LogP contribution < -0.4 is 27.2 Å². The first-order valence-corrected chi connectivity index (χ1v) is 13.1. The molecule has 1 atom stereocenters. The van der Waals surface area contributed by atoms with Gasteiger partial charge in [0.1, 0.15) is 6.04 Å². The fourth-order valence-corrected chi connectivity index (χ4v) is 6.39. The van der Waals surface area contributed by atoms with Crippen LogP contribution in [0.1, 0.15) is 26.4 Å². The number of nitrogens with one attached hydrogen (secondary N) is 2. The Morgan fingerprint density at radius 2 is 1.67 bits per heavy atom. The third-order valence-corrected chi connectivity index (χ3v) is 8.11. The number of benzene rings is 2. The van der Waals surface area contributed by atoms with Gasteiger partial charge >= 0.3 is 0 Å². The first kappa shape index (κ1) is 26.9. The van der Waals surface area contributed by atoms with Crippen LogP contribution in [-0.4, -0.2) is 38.8 Å². The molecule has 0 aliphatic carbocycles. The highest BCUT2D eigenvalue weighted by Crippen LogP contribution is 2.30. The van der Waals surface area contributed by atoms with Gasteiger partial charge in [0, 0.05) is 11.4 Å². The monoisotopic (exact) mass is 528 g/mol. The van der Waals surface area contributed by atoms with Crippen LogP contribution in [0.15, 0.2) is 58.4 Å². The van der Waals surface area contributed by atoms with Crippen LogP contribution in [0.4, 0.5) is 5.69 Å². The van der Waals surface area contributed by atoms with Crippen LogP contribution in [0.3, 0.4) is 0 Å². The summed E-state index contributed by atoms with van der Waals surface area (Å²) >= 11 is 1.22. The second-order valence-corrected chi connectivity index (χ2v) is 11.0. The lowest BCUT2D eigenvalue weighted by Crippen LogP contribution is -2.51. The highest BCUT2D eigenvalue weighted by molar-refractivity contribution is 7.89. The average Bonchev–Trinajstić information content (AvgIpc) is 3.25. The second-order valence-electron chi connectivity index (χ2n) is 8.27. The minimum Gasteiger partial charge on any atom is -0.370 e. The van der Waals surface area contributed by atoms with Crippen molar-refractivity contribution in [3.8, 4) is 10.4 Å². The van der Waals surface area contributed by atoms with E-state index in [0.717, 1.165) is 16.0 Å². The van der Waals surface area contributed by atoms with Crippen molar-refractivity contribution in [3.63, 3.8) is 0 Å². The fourth-order valence-electron chi connectivity index (χ4n) is 3.81. The molecular formula is C24H28N6O4S2. The maximum Gasteiger partial charge on any atom is 0.261 e. The molecule has 0 radical (unpaired) electrons. The topological polar surface area (TPSA) is 183 Å². The third kappa shape index (κ3) is 6.47. The molecule has 8 N–H and O–H groups in total. The van der Waals surface area contributed by atoms with Gasteiger partial charge in [-0.1, -0.05) is 29.8 Å². The molecule has 0 saturated heterocycles. The number of primary amides is 1. The molecule has 0 spiro atoms. The second kappa shape index (κ2) is 10.9. The molecule has 3 rings (SSSR count). The highest BCUT2D eigenvalue weighted by Gasteiger charge is 2.27. The molecule has 2 aromatic carbocycles. The number of guanidine groups is 1. The van der Waals surface area contributed by atoms with E-state index in [2.05, 4.69) is 15.0 Å². The molecule has 12 heteroatoms. The fraction of sp³-hybridized carbons (Fsp3) is 0.208. The Labute approximate surface area is 213 Å². The zero-order valence-electron chi connectivity index (χ0n) is 20.0. The summed E-state index contributed by atoms with van der Waals surface area (Å²) in [6.45, 7) is 4.90. The van der Waals surface area contributed by atoms with Crippen LogP contribution in [0.2, 0.25) is 0 Å². The van der Waals surface area contributed by atoms with E-state index in [1.165, 1.54) is 11.3 Å². The lowest BCUT2D eigenvalue weighted by molar-refractivity contribution is -0.119. The SMILES string of the molecule is Cc1cc(C)c(S(=O)(=O)N[C@@H](CNC(=O)c2ccc(-c3cccc(N=C(N)N)c3)s2)C(N)=O)c(C)c1. The Morgan fingerprint density at radius 1 is 1.00 bits per heavy atom. The molecule has 1 heterocycles. The van der Waals surface area contributed by atoms with Crippen LogP contribution in [-0.2, 0) is 14.8 Å². The first-order chi connectivity index (χ1) is 16.9. The third-order valence-electron chi connectivity index (χ3n) is 5.20. The van der Waals surface area contributed by atoms with Gasteiger partial charge in [0.25, 0.3) is 5.91 Å². The Kier molecular flexibility index (Phi) is 8.13. The van der Waals surface area contributed by atoms with E-state index in [4.69, 9.17) is 17.2 Å². The van der Waals surface area contributed by atoms with Gasteiger partial charge in [-0.15, -0.1) is 11.3 Å². The Morgan fingerprint density at radius 3 is 2.28 bits per heavy atom. The van der Waals surface area contributed by atoms with E-state index in [0.29, 0.717) is 21.7 Å². The number of carbonyl (C=O) groups is 2. The van der Waals surface area contributed by atoms with Gasteiger partial charge in [0.15, 0.2) is 5.96 Å². The van der Waals surface area contributed by atoms with Crippen molar-refractivity contribution in [2.24, 2.45) is 22.2 Å². The van der Waals surface area contributed by atoms with E-state index in [1.807, 2.05) is 13.0 Å². The summed E-state index contributed by atoms with van der Waals surface area (Å²) in [5.41, 5.74) is 19.7. The van der Waals surface area contributed by atoms with Crippen molar-refractivity contribution in [3.05, 3.63) is 70.1 Å². The Hall–Kier alpha value is -3.74. The number of hydrogen-bond donors (Lipinski definition) is 5. The molecule has 1 aromatic heterocycles. The largest absolute Gasteiger partial charge is 0.370 e. The lowest BCUT2D eigenvalue weighted by atomic mass is 10.1. The molecule has 190 valence electrons. The van der Waals surface area contributed by atoms with Crippen molar-refractivity contribution in [1.82, 2.24) is 10.0 Å². The molecule has 0 unspecified atom stereocenters. The first-order valence-electron chi connectivity index (χ1n) is 10.8. The summed E-state index contributed by atoms with van der Waals surface area (Å²) in [6, 6.07) is 12.7. The molecule has 0 saturated carbocycles. The predicted molar refractivity (Wildman–Crippen MR) is 142 cm³/mol. The van der Waals surface area contributed by atoms with Crippen LogP contribution >= 0.6 is 11.3 Å². The van der Waals surface area contributed by atoms with Gasteiger partial charge in [-0.05, 0) is 61.7 Å². The quantitative estimate of drug-likeness (QED) is 0.208. The van der Waals surface area contributed by atoms with E-state index in [1.54, 1.807) is 56.3 Å². The normalized spacial score (nSPS) is 12.1. The summed E-state index contributed by atoms with van der Waals surface area (Å²) in [5, 5.41) is 2.58. The Balaban J connectivity index is 1.73. The number of thiophene rings is 1. The standard InChI is InChI=1S/C24H28N6O4S2/c1-13-9-14(2)21(15(3)10-13)36(33,34)30-18(22(25)31)12-28-23(32)20-8-7-19(35-20)16-5-4-6-17(11-16)29-24(26)27/h4-11,18,30H,12H2,1-3H3,(H2,25,31)(H,28,32)(H4,26,27,29)/t18-/m0/s1. The van der Waals surface area contributed by atoms with Crippen molar-refractivity contribution in [2.45, 2.75) is 31.7 Å². The summed E-state index contributed by atoms with van der Waals surface area (Å²) in [5.74, 6) is -1.45. The van der Waals surface area contributed by atoms with Gasteiger partial charge in [-0.3, -0.25) is 9.59 Å². The average molecular weight is 529 g/mol. The number of carbonyl (C=O) groups excluding carboxylic acids is 2. The van der Waals surface area contributed by atoms with Gasteiger partial charge in [0.05, 0.1) is 15.5 Å². The summed E-state index contributed by atoms with van der Waals surface area (Å²) in [4.78, 5) is 30.0. The molecule has 2 amide bonds. The molecule has 0 fully saturated rings. The van der Waals surface area contributed by atoms with E-state index in [-0.39, 0.29) is 17.4 Å². The van der Waals surface area contributed by atoms with Crippen molar-refractivity contribution in [2.75, 3.05) is 6.54 Å². The maximum atomic E-state index is 13.0. The molecule has 0 bridgehead atoms. The van der Waals surface area contributed by atoms with E-state index in [9.17, 15) is 18.0 Å². The minimum atomic E-state index is -4.07. The molecule has 36 heavy (non-hydrogen) atoms. The van der Waals surface area contributed by atoms with Crippen LogP contribution in [0.25, 0.3) is 10.4 Å². The highest BCUT2D eigenvalue weighted by atomic mass is 32.2. The number of rotatable bonds is 9. The van der Waals surface area contributed by atoms with Gasteiger partial charge < -0.3 is 22.5 Å². The predicted octanol–water partition coefficient (Wildman–Crippen LogP) is 1.81. The summed E-state index contributed by atoms with van der Waals surface area (Å²) < 4.78 is 28.4. The van der Waals surface area contributed by atoms with Crippen molar-refractivity contribution < 1.29 is 18.0 Å². The summed E-state index contributed by atoms with van der Waals surface area (Å²) in [7, 11) is -4.07. The van der Waals surface area contributed by atoms with Gasteiger partial charge in [0.2, 0.25) is 15.9 Å². The number of nitrogens with two attached hydrogens (primary N) is 3. The van der Waals surface area contributed by atoms with Crippen molar-refractivity contribution in [1.29, 1.82) is 0 Å². The van der Waals surface area contributed by atoms with Crippen molar-refractivity contribution >= 4 is 44.8 Å². The number of aryl methyl sites for hydroxylation is 3. The zero-order chi connectivity index (χ0) is 26.6. The van der Waals surface area contributed by atoms with E-state index < -0.39 is 27.9 Å². The van der Waals surface area contributed by atoms with Crippen LogP contribution in [0, 0.1) is 20.8 Å². The molecule has 0 aliphatic rings. The molecular weight excluding hydrogens is 500 g/mol. The van der Waals surface area contributed by atoms with Gasteiger partial charge in [-0.2, -0.15) is 4.72 Å². The number of hydrogen-bond acceptors (Lipinski definition) is 6. The molecule has 10 nitrogen and oxygen atoms in total. The lowest BCUT2D eigenvalue weighted by Gasteiger charge is -2.18. The number of aliphatic imine (C=N–C) groups is 1. The number of sulfonamides is 1. The number of nitrogens with zero attached hydrogens (tertiary/aromatic N) is 1. The zero-order valence-corrected chi connectivity index (χ0v) is 21.7. The summed E-state index contributed by atoms with van der Waals surface area (Å²) in [6.07, 6.45) is 0. The Bertz CT molecular complexity index is 1420. The molecule has 3 aromatic rings. The smallest absolute Gasteiger partial charge is 0.261 e.